The minimum atomic E-state index is -0.457. The van der Waals surface area contributed by atoms with E-state index < -0.39 is 17.9 Å². The Labute approximate surface area is 444 Å². The summed E-state index contributed by atoms with van der Waals surface area (Å²) in [5, 5.41) is 0. The predicted molar refractivity (Wildman–Crippen MR) is 298 cm³/mol. The van der Waals surface area contributed by atoms with E-state index in [1.807, 2.05) is 170 Å². The lowest BCUT2D eigenvalue weighted by atomic mass is 10.0. The van der Waals surface area contributed by atoms with Gasteiger partial charge in [0.25, 0.3) is 0 Å². The molecule has 10 rings (SSSR count). The van der Waals surface area contributed by atoms with Crippen molar-refractivity contribution in [2.75, 3.05) is 39.6 Å². The number of nitrogens with zero attached hydrogens (tertiary/aromatic N) is 2. The summed E-state index contributed by atoms with van der Waals surface area (Å²) in [7, 11) is 0. The molecule has 5 heterocycles. The van der Waals surface area contributed by atoms with Crippen LogP contribution in [-0.4, -0.2) is 77.5 Å². The minimum absolute atomic E-state index is 0.218. The van der Waals surface area contributed by atoms with Crippen LogP contribution in [0.5, 0.6) is 23.0 Å². The Bertz CT molecular complexity index is 3590. The van der Waals surface area contributed by atoms with Gasteiger partial charge in [0, 0.05) is 44.3 Å². The van der Waals surface area contributed by atoms with Gasteiger partial charge in [0.15, 0.2) is 19.8 Å². The Kier molecular flexibility index (Phi) is 15.6. The largest absolute Gasteiger partial charge is 0.489 e. The van der Waals surface area contributed by atoms with Crippen molar-refractivity contribution in [2.45, 2.75) is 27.4 Å². The summed E-state index contributed by atoms with van der Waals surface area (Å²) in [6.45, 7) is 5.80. The van der Waals surface area contributed by atoms with Gasteiger partial charge in [0.05, 0.1) is 42.6 Å². The molecule has 3 aromatic heterocycles. The lowest BCUT2D eigenvalue weighted by Gasteiger charge is -2.10. The van der Waals surface area contributed by atoms with E-state index in [2.05, 4.69) is 16.0 Å². The zero-order valence-electron chi connectivity index (χ0n) is 42.7. The van der Waals surface area contributed by atoms with E-state index in [0.29, 0.717) is 46.6 Å². The van der Waals surface area contributed by atoms with Crippen LogP contribution < -0.4 is 18.9 Å². The fourth-order valence-corrected chi connectivity index (χ4v) is 9.07. The lowest BCUT2D eigenvalue weighted by molar-refractivity contribution is -0.146. The molecule has 0 atom stereocenters. The molecule has 0 saturated carbocycles. The van der Waals surface area contributed by atoms with Gasteiger partial charge in [-0.15, -0.1) is 0 Å². The SMILES string of the molecule is CCOC(=O)COc1ccc(-c2c3nc(c(-c4ccc(OCC(=O)OCC)cc4)c4ccc([nH]4)c(-c4ccc(OCc5ccccc5)cc4)c4nc(c(-c5ccc(OCC(=O)OCC)cc5)c5ccc2[nH]5)C=C4)C=C3)cc1. The first-order valence-electron chi connectivity index (χ1n) is 25.3. The van der Waals surface area contributed by atoms with Crippen LogP contribution in [0.1, 0.15) is 49.1 Å². The molecule has 0 radical (unpaired) electrons. The molecule has 0 fully saturated rings. The van der Waals surface area contributed by atoms with Crippen molar-refractivity contribution in [3.8, 4) is 67.5 Å². The van der Waals surface area contributed by atoms with Gasteiger partial charge in [0.1, 0.15) is 29.6 Å². The number of ether oxygens (including phenoxy) is 7. The second kappa shape index (κ2) is 23.7. The molecule has 2 N–H and O–H groups in total. The molecule has 0 saturated heterocycles. The smallest absolute Gasteiger partial charge is 0.344 e. The van der Waals surface area contributed by atoms with E-state index in [4.69, 9.17) is 43.1 Å². The molecule has 8 aromatic rings. The summed E-state index contributed by atoms with van der Waals surface area (Å²) < 4.78 is 38.9. The second-order valence-electron chi connectivity index (χ2n) is 17.7. The van der Waals surface area contributed by atoms with Gasteiger partial charge in [-0.2, -0.15) is 0 Å². The number of rotatable bonds is 19. The fourth-order valence-electron chi connectivity index (χ4n) is 9.07. The number of aromatic nitrogens is 4. The molecule has 0 amide bonds. The first-order valence-corrected chi connectivity index (χ1v) is 25.3. The molecule has 14 heteroatoms. The van der Waals surface area contributed by atoms with Crippen LogP contribution >= 0.6 is 0 Å². The van der Waals surface area contributed by atoms with E-state index in [1.165, 1.54) is 0 Å². The monoisotopic (exact) mass is 1030 g/mol. The van der Waals surface area contributed by atoms with Gasteiger partial charge in [-0.05, 0) is 146 Å². The van der Waals surface area contributed by atoms with Gasteiger partial charge in [-0.25, -0.2) is 24.4 Å². The highest BCUT2D eigenvalue weighted by Crippen LogP contribution is 2.39. The third-order valence-electron chi connectivity index (χ3n) is 12.6. The van der Waals surface area contributed by atoms with Crippen LogP contribution in [0.15, 0.2) is 152 Å². The first kappa shape index (κ1) is 50.8. The molecule has 0 unspecified atom stereocenters. The highest BCUT2D eigenvalue weighted by atomic mass is 16.6. The van der Waals surface area contributed by atoms with E-state index in [-0.39, 0.29) is 39.6 Å². The standard InChI is InChI=1S/C63H54N4O10/c1-4-71-57(68)37-75-46-22-14-42(15-23-46)61-51-30-28-49(64-51)60(41-12-20-45(21-13-41)74-36-40-10-8-7-9-11-40)50-29-31-52(65-50)62(43-16-24-47(25-17-43)76-38-58(69)72-5-2)54-33-35-56(67-54)63(55-34-32-53(61)66-55)44-18-26-48(27-19-44)77-39-59(70)73-6-3/h7-35,64,67H,4-6,36-39H2,1-3H3. The molecule has 14 nitrogen and oxygen atoms in total. The maximum atomic E-state index is 12.2. The number of carbonyl (C=O) groups is 3. The van der Waals surface area contributed by atoms with Crippen LogP contribution in [0.4, 0.5) is 0 Å². The van der Waals surface area contributed by atoms with E-state index in [0.717, 1.165) is 77.9 Å². The molecule has 77 heavy (non-hydrogen) atoms. The van der Waals surface area contributed by atoms with E-state index >= 15 is 0 Å². The van der Waals surface area contributed by atoms with E-state index in [9.17, 15) is 14.4 Å². The molecule has 386 valence electrons. The summed E-state index contributed by atoms with van der Waals surface area (Å²) in [6.07, 6.45) is 8.04. The molecule has 0 spiro atoms. The van der Waals surface area contributed by atoms with Gasteiger partial charge >= 0.3 is 17.9 Å². The average molecular weight is 1030 g/mol. The zero-order chi connectivity index (χ0) is 53.1. The maximum absolute atomic E-state index is 12.2. The Hall–Kier alpha value is -9.69. The molecular formula is C63H54N4O10. The number of fused-ring (bicyclic) bond motifs is 8. The fraction of sp³-hybridized carbons (Fsp3) is 0.159. The van der Waals surface area contributed by atoms with Gasteiger partial charge in [-0.3, -0.25) is 0 Å². The van der Waals surface area contributed by atoms with Crippen LogP contribution in [-0.2, 0) is 35.2 Å². The van der Waals surface area contributed by atoms with Crippen LogP contribution in [0, 0.1) is 0 Å². The minimum Gasteiger partial charge on any atom is -0.489 e. The number of H-pyrrole nitrogens is 2. The van der Waals surface area contributed by atoms with Gasteiger partial charge < -0.3 is 43.1 Å². The zero-order valence-corrected chi connectivity index (χ0v) is 42.7. The van der Waals surface area contributed by atoms with Crippen molar-refractivity contribution in [3.63, 3.8) is 0 Å². The molecule has 8 bridgehead atoms. The number of carbonyl (C=O) groups excluding carboxylic acids is 3. The summed E-state index contributed by atoms with van der Waals surface area (Å²) in [4.78, 5) is 54.9. The Morgan fingerprint density at radius 3 is 0.935 bits per heavy atom. The summed E-state index contributed by atoms with van der Waals surface area (Å²) in [5.74, 6) is 0.870. The Balaban J connectivity index is 1.19. The average Bonchev–Trinajstić information content (AvgIpc) is 4.32. The molecule has 5 aromatic carbocycles. The first-order chi connectivity index (χ1) is 37.7. The molecule has 0 aliphatic carbocycles. The lowest BCUT2D eigenvalue weighted by Crippen LogP contribution is -2.14. The molecular weight excluding hydrogens is 973 g/mol. The number of hydrogen-bond acceptors (Lipinski definition) is 12. The Morgan fingerprint density at radius 2 is 0.649 bits per heavy atom. The van der Waals surface area contributed by atoms with Crippen LogP contribution in [0.2, 0.25) is 0 Å². The maximum Gasteiger partial charge on any atom is 0.344 e. The van der Waals surface area contributed by atoms with Crippen molar-refractivity contribution in [1.29, 1.82) is 0 Å². The summed E-state index contributed by atoms with van der Waals surface area (Å²) >= 11 is 0. The van der Waals surface area contributed by atoms with Crippen molar-refractivity contribution in [1.82, 2.24) is 19.9 Å². The highest BCUT2D eigenvalue weighted by molar-refractivity contribution is 6.00. The van der Waals surface area contributed by atoms with Crippen molar-refractivity contribution in [2.24, 2.45) is 0 Å². The number of nitrogens with one attached hydrogen (secondary N) is 2. The topological polar surface area (TPSA) is 173 Å². The summed E-state index contributed by atoms with van der Waals surface area (Å²) in [6, 6.07) is 48.8. The number of hydrogen-bond donors (Lipinski definition) is 2. The van der Waals surface area contributed by atoms with E-state index in [1.54, 1.807) is 20.8 Å². The van der Waals surface area contributed by atoms with Gasteiger partial charge in [0.2, 0.25) is 0 Å². The van der Waals surface area contributed by atoms with Crippen molar-refractivity contribution in [3.05, 3.63) is 180 Å². The second-order valence-corrected chi connectivity index (χ2v) is 17.7. The summed E-state index contributed by atoms with van der Waals surface area (Å²) in [5.41, 5.74) is 13.7. The predicted octanol–water partition coefficient (Wildman–Crippen LogP) is 12.7. The van der Waals surface area contributed by atoms with Crippen LogP contribution in [0.3, 0.4) is 0 Å². The van der Waals surface area contributed by atoms with Crippen molar-refractivity contribution >= 4 is 64.3 Å². The third-order valence-corrected chi connectivity index (χ3v) is 12.6. The quantitative estimate of drug-likeness (QED) is 0.0580. The molecule has 2 aliphatic rings. The molecule has 2 aliphatic heterocycles. The number of aromatic amines is 2. The number of benzene rings is 5. The Morgan fingerprint density at radius 1 is 0.364 bits per heavy atom. The number of esters is 3. The third kappa shape index (κ3) is 12.0. The van der Waals surface area contributed by atoms with Crippen molar-refractivity contribution < 1.29 is 47.5 Å². The van der Waals surface area contributed by atoms with Gasteiger partial charge in [-0.1, -0.05) is 78.9 Å². The van der Waals surface area contributed by atoms with Crippen LogP contribution in [0.25, 0.3) is 90.9 Å². The normalized spacial score (nSPS) is 11.5. The highest BCUT2D eigenvalue weighted by Gasteiger charge is 2.20.